The second kappa shape index (κ2) is 8.07. The average molecular weight is 374 g/mol. The molecule has 0 saturated carbocycles. The van der Waals surface area contributed by atoms with Crippen LogP contribution < -0.4 is 0 Å². The zero-order valence-electron chi connectivity index (χ0n) is 16.5. The minimum Gasteiger partial charge on any atom is -0.337 e. The van der Waals surface area contributed by atoms with Gasteiger partial charge in [0.2, 0.25) is 0 Å². The standard InChI is InChI=1S/C23H26N4O/c1-17-21(8-5-9-25-17)23(28)27-11-10-26(2)15-18(16-27)12-20-14-24-13-19-6-3-4-7-22(19)20/h3-9,13-14,18H,10-12,15-16H2,1-2H3/t18-/m1/s1. The maximum Gasteiger partial charge on any atom is 0.255 e. The summed E-state index contributed by atoms with van der Waals surface area (Å²) in [5, 5.41) is 2.42. The number of aromatic nitrogens is 2. The number of hydrogen-bond donors (Lipinski definition) is 0. The van der Waals surface area contributed by atoms with Gasteiger partial charge in [0.1, 0.15) is 0 Å². The van der Waals surface area contributed by atoms with Crippen LogP contribution in [0, 0.1) is 12.8 Å². The highest BCUT2D eigenvalue weighted by Crippen LogP contribution is 2.22. The second-order valence-corrected chi connectivity index (χ2v) is 7.74. The lowest BCUT2D eigenvalue weighted by Crippen LogP contribution is -2.37. The van der Waals surface area contributed by atoms with Crippen molar-refractivity contribution < 1.29 is 4.79 Å². The summed E-state index contributed by atoms with van der Waals surface area (Å²) >= 11 is 0. The van der Waals surface area contributed by atoms with Crippen molar-refractivity contribution in [2.45, 2.75) is 13.3 Å². The molecule has 0 radical (unpaired) electrons. The molecule has 1 aromatic carbocycles. The van der Waals surface area contributed by atoms with Crippen LogP contribution in [0.1, 0.15) is 21.6 Å². The average Bonchev–Trinajstić information content (AvgIpc) is 2.89. The molecule has 1 aliphatic heterocycles. The summed E-state index contributed by atoms with van der Waals surface area (Å²) in [6.07, 6.45) is 6.54. The van der Waals surface area contributed by atoms with E-state index in [0.29, 0.717) is 11.5 Å². The van der Waals surface area contributed by atoms with Gasteiger partial charge >= 0.3 is 0 Å². The van der Waals surface area contributed by atoms with Crippen molar-refractivity contribution in [3.8, 4) is 0 Å². The Morgan fingerprint density at radius 3 is 2.82 bits per heavy atom. The Labute approximate surface area is 166 Å². The van der Waals surface area contributed by atoms with E-state index in [2.05, 4.69) is 40.1 Å². The number of rotatable bonds is 3. The van der Waals surface area contributed by atoms with E-state index in [9.17, 15) is 4.79 Å². The molecule has 5 heteroatoms. The first kappa shape index (κ1) is 18.6. The third-order valence-corrected chi connectivity index (χ3v) is 5.58. The van der Waals surface area contributed by atoms with Gasteiger partial charge in [0.05, 0.1) is 5.56 Å². The quantitative estimate of drug-likeness (QED) is 0.706. The number of hydrogen-bond acceptors (Lipinski definition) is 4. The second-order valence-electron chi connectivity index (χ2n) is 7.74. The van der Waals surface area contributed by atoms with E-state index in [1.54, 1.807) is 6.20 Å². The Hall–Kier alpha value is -2.79. The van der Waals surface area contributed by atoms with E-state index in [4.69, 9.17) is 0 Å². The van der Waals surface area contributed by atoms with E-state index in [1.165, 1.54) is 16.3 Å². The van der Waals surface area contributed by atoms with Crippen LogP contribution in [0.3, 0.4) is 0 Å². The molecule has 1 saturated heterocycles. The van der Waals surface area contributed by atoms with Crippen LogP contribution in [-0.4, -0.2) is 58.9 Å². The Kier molecular flexibility index (Phi) is 5.35. The number of likely N-dealkylation sites (N-methyl/N-ethyl adjacent to an activating group) is 1. The van der Waals surface area contributed by atoms with Crippen molar-refractivity contribution in [2.75, 3.05) is 33.2 Å². The number of benzene rings is 1. The molecule has 0 bridgehead atoms. The van der Waals surface area contributed by atoms with Crippen LogP contribution in [0.5, 0.6) is 0 Å². The first-order chi connectivity index (χ1) is 13.6. The van der Waals surface area contributed by atoms with Crippen molar-refractivity contribution in [1.29, 1.82) is 0 Å². The molecule has 2 aromatic heterocycles. The lowest BCUT2D eigenvalue weighted by atomic mass is 9.96. The van der Waals surface area contributed by atoms with Crippen molar-refractivity contribution in [3.05, 3.63) is 71.8 Å². The highest BCUT2D eigenvalue weighted by atomic mass is 16.2. The minimum absolute atomic E-state index is 0.0851. The largest absolute Gasteiger partial charge is 0.337 e. The van der Waals surface area contributed by atoms with Crippen LogP contribution in [0.4, 0.5) is 0 Å². The molecule has 144 valence electrons. The monoisotopic (exact) mass is 374 g/mol. The van der Waals surface area contributed by atoms with Crippen molar-refractivity contribution in [3.63, 3.8) is 0 Å². The molecular formula is C23H26N4O. The van der Waals surface area contributed by atoms with E-state index in [0.717, 1.165) is 38.3 Å². The molecule has 1 aliphatic rings. The molecule has 0 spiro atoms. The molecule has 5 nitrogen and oxygen atoms in total. The van der Waals surface area contributed by atoms with Crippen LogP contribution in [0.15, 0.2) is 55.0 Å². The van der Waals surface area contributed by atoms with Gasteiger partial charge in [-0.25, -0.2) is 0 Å². The number of carbonyl (C=O) groups is 1. The Morgan fingerprint density at radius 2 is 1.96 bits per heavy atom. The van der Waals surface area contributed by atoms with Gasteiger partial charge in [-0.2, -0.15) is 0 Å². The summed E-state index contributed by atoms with van der Waals surface area (Å²) < 4.78 is 0. The van der Waals surface area contributed by atoms with Crippen molar-refractivity contribution >= 4 is 16.7 Å². The molecule has 0 aliphatic carbocycles. The molecular weight excluding hydrogens is 348 g/mol. The SMILES string of the molecule is Cc1ncccc1C(=O)N1CCN(C)C[C@@H](Cc2cncc3ccccc23)C1. The molecule has 4 rings (SSSR count). The number of carbonyl (C=O) groups excluding carboxylic acids is 1. The summed E-state index contributed by atoms with van der Waals surface area (Å²) in [5.74, 6) is 0.447. The van der Waals surface area contributed by atoms with Gasteiger partial charge in [-0.05, 0) is 49.4 Å². The first-order valence-electron chi connectivity index (χ1n) is 9.83. The Bertz CT molecular complexity index is 982. The molecule has 0 unspecified atom stereocenters. The van der Waals surface area contributed by atoms with E-state index in [-0.39, 0.29) is 5.91 Å². The zero-order chi connectivity index (χ0) is 19.5. The molecule has 1 fully saturated rings. The molecule has 1 amide bonds. The summed E-state index contributed by atoms with van der Waals surface area (Å²) in [6.45, 7) is 5.25. The number of nitrogens with zero attached hydrogens (tertiary/aromatic N) is 4. The number of amides is 1. The highest BCUT2D eigenvalue weighted by Gasteiger charge is 2.26. The predicted octanol–water partition coefficient (Wildman–Crippen LogP) is 3.18. The van der Waals surface area contributed by atoms with Gasteiger partial charge in [-0.15, -0.1) is 0 Å². The third-order valence-electron chi connectivity index (χ3n) is 5.58. The van der Waals surface area contributed by atoms with E-state index < -0.39 is 0 Å². The fraction of sp³-hybridized carbons (Fsp3) is 0.348. The van der Waals surface area contributed by atoms with E-state index >= 15 is 0 Å². The zero-order valence-corrected chi connectivity index (χ0v) is 16.5. The fourth-order valence-corrected chi connectivity index (χ4v) is 4.13. The maximum atomic E-state index is 13.1. The van der Waals surface area contributed by atoms with Gasteiger partial charge in [-0.1, -0.05) is 24.3 Å². The van der Waals surface area contributed by atoms with Gasteiger partial charge in [-0.3, -0.25) is 14.8 Å². The summed E-state index contributed by atoms with van der Waals surface area (Å²) in [4.78, 5) is 26.2. The van der Waals surface area contributed by atoms with Gasteiger partial charge in [0.25, 0.3) is 5.91 Å². The van der Waals surface area contributed by atoms with Crippen LogP contribution in [0.2, 0.25) is 0 Å². The van der Waals surface area contributed by atoms with Crippen LogP contribution in [-0.2, 0) is 6.42 Å². The van der Waals surface area contributed by atoms with Crippen LogP contribution >= 0.6 is 0 Å². The van der Waals surface area contributed by atoms with Gasteiger partial charge < -0.3 is 9.80 Å². The summed E-state index contributed by atoms with van der Waals surface area (Å²) in [5.41, 5.74) is 2.75. The Balaban J connectivity index is 1.58. The summed E-state index contributed by atoms with van der Waals surface area (Å²) in [7, 11) is 2.14. The third kappa shape index (κ3) is 3.90. The molecule has 28 heavy (non-hydrogen) atoms. The number of aryl methyl sites for hydroxylation is 1. The molecule has 3 aromatic rings. The van der Waals surface area contributed by atoms with E-state index in [1.807, 2.05) is 42.4 Å². The maximum absolute atomic E-state index is 13.1. The topological polar surface area (TPSA) is 49.3 Å². The van der Waals surface area contributed by atoms with Crippen LogP contribution in [0.25, 0.3) is 10.8 Å². The smallest absolute Gasteiger partial charge is 0.255 e. The lowest BCUT2D eigenvalue weighted by molar-refractivity contribution is 0.0745. The summed E-state index contributed by atoms with van der Waals surface area (Å²) in [6, 6.07) is 12.1. The lowest BCUT2D eigenvalue weighted by Gasteiger charge is -2.25. The van der Waals surface area contributed by atoms with Crippen molar-refractivity contribution in [1.82, 2.24) is 19.8 Å². The highest BCUT2D eigenvalue weighted by molar-refractivity contribution is 5.95. The number of pyridine rings is 2. The fourth-order valence-electron chi connectivity index (χ4n) is 4.13. The molecule has 0 N–H and O–H groups in total. The minimum atomic E-state index is 0.0851. The normalized spacial score (nSPS) is 18.2. The first-order valence-corrected chi connectivity index (χ1v) is 9.83. The number of fused-ring (bicyclic) bond motifs is 1. The van der Waals surface area contributed by atoms with Crippen molar-refractivity contribution in [2.24, 2.45) is 5.92 Å². The molecule has 1 atom stereocenters. The van der Waals surface area contributed by atoms with Gasteiger partial charge in [0.15, 0.2) is 0 Å². The molecule has 3 heterocycles. The Morgan fingerprint density at radius 1 is 1.11 bits per heavy atom. The predicted molar refractivity (Wildman–Crippen MR) is 111 cm³/mol. The van der Waals surface area contributed by atoms with Gasteiger partial charge in [0, 0.05) is 55.8 Å².